The van der Waals surface area contributed by atoms with E-state index in [-0.39, 0.29) is 5.56 Å². The third kappa shape index (κ3) is 3.91. The first kappa shape index (κ1) is 15.2. The molecule has 1 aliphatic carbocycles. The average Bonchev–Trinajstić information content (AvgIpc) is 3.01. The summed E-state index contributed by atoms with van der Waals surface area (Å²) in [7, 11) is 0. The molecular formula is C17H20N2O2S. The van der Waals surface area contributed by atoms with Gasteiger partial charge in [0, 0.05) is 11.3 Å². The van der Waals surface area contributed by atoms with E-state index in [1.165, 1.54) is 0 Å². The highest BCUT2D eigenvalue weighted by molar-refractivity contribution is 7.99. The summed E-state index contributed by atoms with van der Waals surface area (Å²) in [5, 5.41) is 0.759. The van der Waals surface area contributed by atoms with Gasteiger partial charge in [0.1, 0.15) is 5.75 Å². The van der Waals surface area contributed by atoms with E-state index in [4.69, 9.17) is 4.74 Å². The first-order valence-electron chi connectivity index (χ1n) is 7.75. The molecule has 0 atom stereocenters. The lowest BCUT2D eigenvalue weighted by molar-refractivity contribution is 0.310. The van der Waals surface area contributed by atoms with Crippen molar-refractivity contribution in [2.24, 2.45) is 0 Å². The maximum absolute atomic E-state index is 11.9. The average molecular weight is 316 g/mol. The lowest BCUT2D eigenvalue weighted by Gasteiger charge is -2.06. The molecular weight excluding hydrogens is 296 g/mol. The minimum atomic E-state index is 0.0532. The molecule has 116 valence electrons. The second-order valence-corrected chi connectivity index (χ2v) is 6.45. The van der Waals surface area contributed by atoms with Crippen LogP contribution in [-0.4, -0.2) is 22.3 Å². The van der Waals surface area contributed by atoms with Gasteiger partial charge in [-0.05, 0) is 44.2 Å². The van der Waals surface area contributed by atoms with E-state index >= 15 is 0 Å². The molecule has 0 saturated carbocycles. The quantitative estimate of drug-likeness (QED) is 0.484. The first-order chi connectivity index (χ1) is 10.8. The topological polar surface area (TPSA) is 55.0 Å². The van der Waals surface area contributed by atoms with Crippen molar-refractivity contribution in [3.8, 4) is 5.75 Å². The van der Waals surface area contributed by atoms with Crippen molar-refractivity contribution in [3.05, 3.63) is 51.9 Å². The fraction of sp³-hybridized carbons (Fsp3) is 0.412. The lowest BCUT2D eigenvalue weighted by Crippen LogP contribution is -2.15. The number of fused-ring (bicyclic) bond motifs is 1. The Morgan fingerprint density at radius 3 is 2.91 bits per heavy atom. The predicted octanol–water partition coefficient (Wildman–Crippen LogP) is 3.21. The molecule has 0 radical (unpaired) electrons. The fourth-order valence-corrected chi connectivity index (χ4v) is 3.45. The number of H-pyrrole nitrogens is 1. The number of benzene rings is 1. The second-order valence-electron chi connectivity index (χ2n) is 5.37. The zero-order chi connectivity index (χ0) is 15.2. The van der Waals surface area contributed by atoms with Crippen molar-refractivity contribution in [2.75, 3.05) is 12.4 Å². The summed E-state index contributed by atoms with van der Waals surface area (Å²) in [6.07, 6.45) is 4.91. The predicted molar refractivity (Wildman–Crippen MR) is 88.8 cm³/mol. The molecule has 0 amide bonds. The van der Waals surface area contributed by atoms with Gasteiger partial charge in [0.15, 0.2) is 5.16 Å². The van der Waals surface area contributed by atoms with Crippen LogP contribution in [0.4, 0.5) is 0 Å². The van der Waals surface area contributed by atoms with E-state index in [0.717, 1.165) is 66.6 Å². The van der Waals surface area contributed by atoms with Gasteiger partial charge < -0.3 is 9.72 Å². The highest BCUT2D eigenvalue weighted by Crippen LogP contribution is 2.20. The smallest absolute Gasteiger partial charge is 0.254 e. The summed E-state index contributed by atoms with van der Waals surface area (Å²) in [6, 6.07) is 9.86. The number of hydrogen-bond acceptors (Lipinski definition) is 4. The van der Waals surface area contributed by atoms with Crippen LogP contribution >= 0.6 is 11.8 Å². The molecule has 1 aromatic heterocycles. The molecule has 0 unspecified atom stereocenters. The Bertz CT molecular complexity index is 670. The largest absolute Gasteiger partial charge is 0.494 e. The van der Waals surface area contributed by atoms with E-state index in [0.29, 0.717) is 0 Å². The van der Waals surface area contributed by atoms with Crippen molar-refractivity contribution >= 4 is 11.8 Å². The van der Waals surface area contributed by atoms with Crippen LogP contribution in [0, 0.1) is 0 Å². The first-order valence-corrected chi connectivity index (χ1v) is 8.74. The summed E-state index contributed by atoms with van der Waals surface area (Å²) >= 11 is 1.62. The zero-order valence-corrected chi connectivity index (χ0v) is 13.3. The van der Waals surface area contributed by atoms with Crippen LogP contribution in [0.2, 0.25) is 0 Å². The fourth-order valence-electron chi connectivity index (χ4n) is 2.57. The third-order valence-corrected chi connectivity index (χ3v) is 4.67. The number of ether oxygens (including phenoxy) is 1. The second kappa shape index (κ2) is 7.49. The Hall–Kier alpha value is -1.75. The van der Waals surface area contributed by atoms with Crippen LogP contribution < -0.4 is 10.3 Å². The minimum Gasteiger partial charge on any atom is -0.494 e. The molecule has 1 aromatic carbocycles. The van der Waals surface area contributed by atoms with Gasteiger partial charge in [-0.15, -0.1) is 0 Å². The molecule has 1 aliphatic rings. The Labute approximate surface area is 134 Å². The molecule has 2 aromatic rings. The molecule has 1 N–H and O–H groups in total. The van der Waals surface area contributed by atoms with Gasteiger partial charge in [-0.1, -0.05) is 30.0 Å². The Balaban J connectivity index is 1.39. The Kier molecular flexibility index (Phi) is 5.16. The molecule has 22 heavy (non-hydrogen) atoms. The van der Waals surface area contributed by atoms with E-state index in [1.807, 2.05) is 30.3 Å². The highest BCUT2D eigenvalue weighted by Gasteiger charge is 2.16. The summed E-state index contributed by atoms with van der Waals surface area (Å²) < 4.78 is 5.66. The van der Waals surface area contributed by atoms with Gasteiger partial charge in [0.2, 0.25) is 0 Å². The zero-order valence-electron chi connectivity index (χ0n) is 12.5. The maximum Gasteiger partial charge on any atom is 0.254 e. The van der Waals surface area contributed by atoms with Gasteiger partial charge in [-0.2, -0.15) is 0 Å². The van der Waals surface area contributed by atoms with Crippen LogP contribution in [-0.2, 0) is 12.8 Å². The van der Waals surface area contributed by atoms with E-state index in [9.17, 15) is 4.79 Å². The Morgan fingerprint density at radius 2 is 2.05 bits per heavy atom. The standard InChI is InChI=1S/C17H20N2O2S/c20-16-14-9-6-10-15(14)18-17(19-16)22-12-5-4-11-21-13-7-2-1-3-8-13/h1-3,7-8H,4-6,9-12H2,(H,18,19,20). The van der Waals surface area contributed by atoms with E-state index < -0.39 is 0 Å². The number of rotatable bonds is 7. The van der Waals surface area contributed by atoms with Crippen LogP contribution in [0.3, 0.4) is 0 Å². The monoisotopic (exact) mass is 316 g/mol. The summed E-state index contributed by atoms with van der Waals surface area (Å²) in [5.41, 5.74) is 1.94. The molecule has 0 fully saturated rings. The number of aryl methyl sites for hydroxylation is 1. The number of hydrogen-bond donors (Lipinski definition) is 1. The number of aromatic amines is 1. The SMILES string of the molecule is O=c1[nH]c(SCCCCOc2ccccc2)nc2c1CCC2. The van der Waals surface area contributed by atoms with Gasteiger partial charge >= 0.3 is 0 Å². The molecule has 5 heteroatoms. The highest BCUT2D eigenvalue weighted by atomic mass is 32.2. The van der Waals surface area contributed by atoms with Crippen molar-refractivity contribution in [1.82, 2.24) is 9.97 Å². The molecule has 0 aliphatic heterocycles. The number of nitrogens with zero attached hydrogens (tertiary/aromatic N) is 1. The molecule has 3 rings (SSSR count). The van der Waals surface area contributed by atoms with Crippen LogP contribution in [0.1, 0.15) is 30.5 Å². The van der Waals surface area contributed by atoms with Gasteiger partial charge in [-0.25, -0.2) is 4.98 Å². The van der Waals surface area contributed by atoms with Crippen molar-refractivity contribution in [3.63, 3.8) is 0 Å². The van der Waals surface area contributed by atoms with E-state index in [1.54, 1.807) is 11.8 Å². The third-order valence-electron chi connectivity index (χ3n) is 3.71. The number of unbranched alkanes of at least 4 members (excludes halogenated alkanes) is 1. The maximum atomic E-state index is 11.9. The van der Waals surface area contributed by atoms with Crippen LogP contribution in [0.25, 0.3) is 0 Å². The number of aromatic nitrogens is 2. The Morgan fingerprint density at radius 1 is 1.18 bits per heavy atom. The van der Waals surface area contributed by atoms with Crippen molar-refractivity contribution in [1.29, 1.82) is 0 Å². The lowest BCUT2D eigenvalue weighted by atomic mass is 10.3. The summed E-state index contributed by atoms with van der Waals surface area (Å²) in [4.78, 5) is 19.3. The van der Waals surface area contributed by atoms with Gasteiger partial charge in [-0.3, -0.25) is 4.79 Å². The van der Waals surface area contributed by atoms with Crippen LogP contribution in [0.15, 0.2) is 40.3 Å². The molecule has 0 bridgehead atoms. The number of para-hydroxylation sites is 1. The van der Waals surface area contributed by atoms with Crippen molar-refractivity contribution < 1.29 is 4.74 Å². The number of thioether (sulfide) groups is 1. The summed E-state index contributed by atoms with van der Waals surface area (Å²) in [6.45, 7) is 0.721. The number of nitrogens with one attached hydrogen (secondary N) is 1. The molecule has 1 heterocycles. The minimum absolute atomic E-state index is 0.0532. The van der Waals surface area contributed by atoms with E-state index in [2.05, 4.69) is 9.97 Å². The van der Waals surface area contributed by atoms with Gasteiger partial charge in [0.25, 0.3) is 5.56 Å². The normalized spacial score (nSPS) is 13.1. The van der Waals surface area contributed by atoms with Crippen molar-refractivity contribution in [2.45, 2.75) is 37.3 Å². The summed E-state index contributed by atoms with van der Waals surface area (Å²) in [5.74, 6) is 1.86. The molecule has 0 spiro atoms. The van der Waals surface area contributed by atoms with Gasteiger partial charge in [0.05, 0.1) is 12.3 Å². The molecule has 0 saturated heterocycles. The van der Waals surface area contributed by atoms with Crippen LogP contribution in [0.5, 0.6) is 5.75 Å². The molecule has 4 nitrogen and oxygen atoms in total.